The lowest BCUT2D eigenvalue weighted by atomic mass is 10.00. The molecule has 1 aliphatic carbocycles. The molecule has 0 saturated heterocycles. The average Bonchev–Trinajstić information content (AvgIpc) is 3.16. The number of benzene rings is 1. The topological polar surface area (TPSA) is 75.4 Å². The molecular formula is C14H20N2O3. The third kappa shape index (κ3) is 2.93. The number of rotatable bonds is 6. The Morgan fingerprint density at radius 3 is 2.74 bits per heavy atom. The van der Waals surface area contributed by atoms with Gasteiger partial charge >= 0.3 is 0 Å². The van der Waals surface area contributed by atoms with Gasteiger partial charge in [0.05, 0.1) is 4.92 Å². The SMILES string of the molecule is Cc1c(C(C)NCC2(CO)CC2)cccc1[N+](=O)[O-]. The molecule has 104 valence electrons. The van der Waals surface area contributed by atoms with Crippen LogP contribution in [-0.4, -0.2) is 23.2 Å². The predicted octanol–water partition coefficient (Wildman–Crippen LogP) is 2.33. The first-order chi connectivity index (χ1) is 8.99. The maximum Gasteiger partial charge on any atom is 0.272 e. The van der Waals surface area contributed by atoms with Crippen molar-refractivity contribution in [3.8, 4) is 0 Å². The normalized spacial score (nSPS) is 18.1. The lowest BCUT2D eigenvalue weighted by molar-refractivity contribution is -0.385. The highest BCUT2D eigenvalue weighted by Gasteiger charge is 2.41. The highest BCUT2D eigenvalue weighted by molar-refractivity contribution is 5.45. The van der Waals surface area contributed by atoms with Gasteiger partial charge < -0.3 is 10.4 Å². The monoisotopic (exact) mass is 264 g/mol. The van der Waals surface area contributed by atoms with Gasteiger partial charge in [0.25, 0.3) is 5.69 Å². The Hall–Kier alpha value is -1.46. The summed E-state index contributed by atoms with van der Waals surface area (Å²) in [6, 6.07) is 5.21. The van der Waals surface area contributed by atoms with Gasteiger partial charge in [0.15, 0.2) is 0 Å². The van der Waals surface area contributed by atoms with E-state index in [1.807, 2.05) is 13.0 Å². The van der Waals surface area contributed by atoms with E-state index >= 15 is 0 Å². The Balaban J connectivity index is 2.08. The second-order valence-corrected chi connectivity index (χ2v) is 5.51. The Morgan fingerprint density at radius 2 is 2.21 bits per heavy atom. The third-order valence-corrected chi connectivity index (χ3v) is 4.09. The van der Waals surface area contributed by atoms with Gasteiger partial charge in [0, 0.05) is 36.2 Å². The number of aliphatic hydroxyl groups is 1. The molecule has 0 aromatic heterocycles. The van der Waals surface area contributed by atoms with Gasteiger partial charge in [-0.05, 0) is 32.3 Å². The lowest BCUT2D eigenvalue weighted by Gasteiger charge is -2.20. The zero-order valence-corrected chi connectivity index (χ0v) is 11.3. The molecule has 0 aliphatic heterocycles. The van der Waals surface area contributed by atoms with Crippen LogP contribution in [-0.2, 0) is 0 Å². The number of nitrogens with zero attached hydrogens (tertiary/aromatic N) is 1. The van der Waals surface area contributed by atoms with Gasteiger partial charge in [-0.15, -0.1) is 0 Å². The molecule has 1 fully saturated rings. The van der Waals surface area contributed by atoms with Crippen molar-refractivity contribution in [2.24, 2.45) is 5.41 Å². The molecule has 0 amide bonds. The van der Waals surface area contributed by atoms with Gasteiger partial charge in [0.2, 0.25) is 0 Å². The van der Waals surface area contributed by atoms with Crippen LogP contribution in [0, 0.1) is 22.5 Å². The van der Waals surface area contributed by atoms with E-state index in [4.69, 9.17) is 0 Å². The predicted molar refractivity (Wildman–Crippen MR) is 73.0 cm³/mol. The highest BCUT2D eigenvalue weighted by Crippen LogP contribution is 2.44. The standard InChI is InChI=1S/C14H20N2O3/c1-10-12(4-3-5-13(10)16(18)19)11(2)15-8-14(9-17)6-7-14/h3-5,11,15,17H,6-9H2,1-2H3. The molecule has 5 nitrogen and oxygen atoms in total. The molecule has 2 rings (SSSR count). The van der Waals surface area contributed by atoms with E-state index in [1.165, 1.54) is 6.07 Å². The lowest BCUT2D eigenvalue weighted by Crippen LogP contribution is -2.29. The minimum Gasteiger partial charge on any atom is -0.396 e. The maximum absolute atomic E-state index is 10.9. The fraction of sp³-hybridized carbons (Fsp3) is 0.571. The molecule has 1 aromatic carbocycles. The van der Waals surface area contributed by atoms with Crippen molar-refractivity contribution in [1.82, 2.24) is 5.32 Å². The van der Waals surface area contributed by atoms with E-state index in [1.54, 1.807) is 13.0 Å². The second kappa shape index (κ2) is 5.27. The molecule has 1 aliphatic rings. The number of hydrogen-bond acceptors (Lipinski definition) is 4. The summed E-state index contributed by atoms with van der Waals surface area (Å²) in [4.78, 5) is 10.6. The first-order valence-electron chi connectivity index (χ1n) is 6.57. The van der Waals surface area contributed by atoms with Crippen molar-refractivity contribution >= 4 is 5.69 Å². The number of aliphatic hydroxyl groups excluding tert-OH is 1. The molecule has 19 heavy (non-hydrogen) atoms. The van der Waals surface area contributed by atoms with Gasteiger partial charge in [-0.3, -0.25) is 10.1 Å². The first kappa shape index (κ1) is 14.0. The van der Waals surface area contributed by atoms with Crippen LogP contribution in [0.25, 0.3) is 0 Å². The first-order valence-corrected chi connectivity index (χ1v) is 6.57. The minimum absolute atomic E-state index is 0.0445. The maximum atomic E-state index is 10.9. The van der Waals surface area contributed by atoms with Gasteiger partial charge in [-0.2, -0.15) is 0 Å². The summed E-state index contributed by atoms with van der Waals surface area (Å²) in [5.74, 6) is 0. The molecule has 0 spiro atoms. The Kier molecular flexibility index (Phi) is 3.87. The van der Waals surface area contributed by atoms with E-state index in [0.717, 1.165) is 24.9 Å². The summed E-state index contributed by atoms with van der Waals surface area (Å²) in [7, 11) is 0. The summed E-state index contributed by atoms with van der Waals surface area (Å²) in [6.45, 7) is 4.75. The van der Waals surface area contributed by atoms with Crippen LogP contribution in [0.4, 0.5) is 5.69 Å². The van der Waals surface area contributed by atoms with E-state index in [0.29, 0.717) is 5.56 Å². The van der Waals surface area contributed by atoms with Crippen LogP contribution in [0.1, 0.15) is 36.9 Å². The fourth-order valence-corrected chi connectivity index (χ4v) is 2.35. The molecule has 1 aromatic rings. The molecule has 5 heteroatoms. The van der Waals surface area contributed by atoms with Crippen LogP contribution in [0.15, 0.2) is 18.2 Å². The van der Waals surface area contributed by atoms with Crippen molar-refractivity contribution in [3.05, 3.63) is 39.4 Å². The molecule has 0 bridgehead atoms. The minimum atomic E-state index is -0.346. The second-order valence-electron chi connectivity index (χ2n) is 5.51. The van der Waals surface area contributed by atoms with Crippen molar-refractivity contribution in [2.45, 2.75) is 32.7 Å². The zero-order chi connectivity index (χ0) is 14.0. The summed E-state index contributed by atoms with van der Waals surface area (Å²) in [6.07, 6.45) is 2.11. The highest BCUT2D eigenvalue weighted by atomic mass is 16.6. The number of nitrogens with one attached hydrogen (secondary N) is 1. The molecular weight excluding hydrogens is 244 g/mol. The third-order valence-electron chi connectivity index (χ3n) is 4.09. The van der Waals surface area contributed by atoms with Gasteiger partial charge in [-0.1, -0.05) is 12.1 Å². The fourth-order valence-electron chi connectivity index (χ4n) is 2.35. The Labute approximate surface area is 112 Å². The molecule has 2 N–H and O–H groups in total. The van der Waals surface area contributed by atoms with Crippen molar-refractivity contribution in [1.29, 1.82) is 0 Å². The van der Waals surface area contributed by atoms with E-state index in [-0.39, 0.29) is 28.7 Å². The molecule has 1 saturated carbocycles. The van der Waals surface area contributed by atoms with Crippen molar-refractivity contribution < 1.29 is 10.0 Å². The Morgan fingerprint density at radius 1 is 1.53 bits per heavy atom. The molecule has 1 atom stereocenters. The van der Waals surface area contributed by atoms with Crippen LogP contribution in [0.5, 0.6) is 0 Å². The average molecular weight is 264 g/mol. The number of nitro benzene ring substituents is 1. The van der Waals surface area contributed by atoms with Gasteiger partial charge in [0.1, 0.15) is 0 Å². The summed E-state index contributed by atoms with van der Waals surface area (Å²) in [5.41, 5.74) is 1.86. The Bertz CT molecular complexity index is 484. The number of nitro groups is 1. The van der Waals surface area contributed by atoms with Crippen LogP contribution < -0.4 is 5.32 Å². The number of hydrogen-bond donors (Lipinski definition) is 2. The summed E-state index contributed by atoms with van der Waals surface area (Å²) in [5, 5.41) is 23.6. The van der Waals surface area contributed by atoms with Gasteiger partial charge in [-0.25, -0.2) is 0 Å². The molecule has 0 radical (unpaired) electrons. The largest absolute Gasteiger partial charge is 0.396 e. The van der Waals surface area contributed by atoms with Crippen molar-refractivity contribution in [3.63, 3.8) is 0 Å². The van der Waals surface area contributed by atoms with Crippen molar-refractivity contribution in [2.75, 3.05) is 13.2 Å². The van der Waals surface area contributed by atoms with Crippen LogP contribution >= 0.6 is 0 Å². The summed E-state index contributed by atoms with van der Waals surface area (Å²) < 4.78 is 0. The van der Waals surface area contributed by atoms with Crippen LogP contribution in [0.3, 0.4) is 0 Å². The molecule has 0 heterocycles. The van der Waals surface area contributed by atoms with E-state index in [2.05, 4.69) is 5.32 Å². The van der Waals surface area contributed by atoms with E-state index < -0.39 is 0 Å². The zero-order valence-electron chi connectivity index (χ0n) is 11.3. The van der Waals surface area contributed by atoms with Crippen LogP contribution in [0.2, 0.25) is 0 Å². The molecule has 1 unspecified atom stereocenters. The summed E-state index contributed by atoms with van der Waals surface area (Å²) >= 11 is 0. The smallest absolute Gasteiger partial charge is 0.272 e. The van der Waals surface area contributed by atoms with E-state index in [9.17, 15) is 15.2 Å². The quantitative estimate of drug-likeness (QED) is 0.610.